The van der Waals surface area contributed by atoms with Crippen LogP contribution in [0.25, 0.3) is 0 Å². The fraction of sp³-hybridized carbons (Fsp3) is 0.467. The minimum atomic E-state index is -0.110. The zero-order valence-corrected chi connectivity index (χ0v) is 13.2. The molecule has 0 aliphatic heterocycles. The summed E-state index contributed by atoms with van der Waals surface area (Å²) < 4.78 is 5.22. The molecule has 21 heavy (non-hydrogen) atoms. The van der Waals surface area contributed by atoms with Crippen molar-refractivity contribution >= 4 is 28.9 Å². The van der Waals surface area contributed by atoms with E-state index in [9.17, 15) is 4.79 Å². The van der Waals surface area contributed by atoms with Gasteiger partial charge in [-0.1, -0.05) is 12.1 Å². The van der Waals surface area contributed by atoms with Crippen molar-refractivity contribution in [3.63, 3.8) is 0 Å². The van der Waals surface area contributed by atoms with E-state index in [1.165, 1.54) is 0 Å². The molecule has 2 N–H and O–H groups in total. The first-order valence-electron chi connectivity index (χ1n) is 7.12. The molecule has 1 aliphatic rings. The molecule has 0 bridgehead atoms. The molecule has 6 heteroatoms. The van der Waals surface area contributed by atoms with Crippen molar-refractivity contribution in [2.45, 2.75) is 25.8 Å². The number of hydrogen-bond donors (Lipinski definition) is 2. The summed E-state index contributed by atoms with van der Waals surface area (Å²) in [6, 6.07) is 7.83. The fourth-order valence-electron chi connectivity index (χ4n) is 1.93. The lowest BCUT2D eigenvalue weighted by atomic mass is 10.3. The van der Waals surface area contributed by atoms with Crippen molar-refractivity contribution in [3.05, 3.63) is 24.3 Å². The summed E-state index contributed by atoms with van der Waals surface area (Å²) in [5.74, 6) is 0.536. The van der Waals surface area contributed by atoms with Crippen molar-refractivity contribution in [2.24, 2.45) is 0 Å². The van der Waals surface area contributed by atoms with Crippen molar-refractivity contribution in [1.82, 2.24) is 10.2 Å². The van der Waals surface area contributed by atoms with Gasteiger partial charge in [0, 0.05) is 12.6 Å². The van der Waals surface area contributed by atoms with Crippen LogP contribution in [-0.2, 0) is 4.79 Å². The fourth-order valence-corrected chi connectivity index (χ4v) is 2.29. The molecule has 0 unspecified atom stereocenters. The molecule has 0 aromatic heterocycles. The van der Waals surface area contributed by atoms with E-state index in [1.807, 2.05) is 36.1 Å². The molecule has 1 fully saturated rings. The lowest BCUT2D eigenvalue weighted by Gasteiger charge is -2.23. The van der Waals surface area contributed by atoms with Crippen LogP contribution >= 0.6 is 12.2 Å². The zero-order valence-electron chi connectivity index (χ0n) is 12.4. The van der Waals surface area contributed by atoms with E-state index >= 15 is 0 Å². The minimum Gasteiger partial charge on any atom is -0.495 e. The number of rotatable bonds is 6. The maximum atomic E-state index is 12.2. The summed E-state index contributed by atoms with van der Waals surface area (Å²) in [4.78, 5) is 14.0. The number of carbonyl (C=O) groups excluding carboxylic acids is 1. The average molecular weight is 307 g/mol. The number of anilines is 1. The van der Waals surface area contributed by atoms with Gasteiger partial charge in [0.25, 0.3) is 0 Å². The highest BCUT2D eigenvalue weighted by molar-refractivity contribution is 7.80. The van der Waals surface area contributed by atoms with Gasteiger partial charge in [0.1, 0.15) is 5.75 Å². The van der Waals surface area contributed by atoms with Crippen LogP contribution in [0.15, 0.2) is 24.3 Å². The number of benzene rings is 1. The number of methoxy groups -OCH3 is 1. The standard InChI is InChI=1S/C15H21N3O2S/c1-3-18(15(21)16-11-8-9-11)10-14(19)17-12-6-4-5-7-13(12)20-2/h4-7,11H,3,8-10H2,1-2H3,(H,16,21)(H,17,19). The molecule has 1 aliphatic carbocycles. The molecule has 2 rings (SSSR count). The molecular weight excluding hydrogens is 286 g/mol. The normalized spacial score (nSPS) is 13.4. The molecule has 1 aromatic rings. The maximum Gasteiger partial charge on any atom is 0.244 e. The smallest absolute Gasteiger partial charge is 0.244 e. The molecule has 0 saturated heterocycles. The Hall–Kier alpha value is -1.82. The number of hydrogen-bond acceptors (Lipinski definition) is 3. The van der Waals surface area contributed by atoms with E-state index in [1.54, 1.807) is 7.11 Å². The van der Waals surface area contributed by atoms with Gasteiger partial charge in [-0.3, -0.25) is 4.79 Å². The van der Waals surface area contributed by atoms with E-state index in [2.05, 4.69) is 10.6 Å². The van der Waals surface area contributed by atoms with E-state index in [0.29, 0.717) is 29.1 Å². The van der Waals surface area contributed by atoms with Crippen molar-refractivity contribution < 1.29 is 9.53 Å². The number of para-hydroxylation sites is 2. The highest BCUT2D eigenvalue weighted by Crippen LogP contribution is 2.23. The molecule has 0 atom stereocenters. The van der Waals surface area contributed by atoms with E-state index in [-0.39, 0.29) is 12.5 Å². The van der Waals surface area contributed by atoms with Gasteiger partial charge in [-0.25, -0.2) is 0 Å². The van der Waals surface area contributed by atoms with Gasteiger partial charge in [-0.15, -0.1) is 0 Å². The number of carbonyl (C=O) groups is 1. The predicted molar refractivity (Wildman–Crippen MR) is 87.6 cm³/mol. The Labute approximate surface area is 130 Å². The van der Waals surface area contributed by atoms with Gasteiger partial charge >= 0.3 is 0 Å². The Kier molecular flexibility index (Phi) is 5.38. The molecule has 1 saturated carbocycles. The molecule has 1 aromatic carbocycles. The second-order valence-electron chi connectivity index (χ2n) is 4.99. The molecule has 114 valence electrons. The number of thiocarbonyl (C=S) groups is 1. The van der Waals surface area contributed by atoms with Gasteiger partial charge in [-0.05, 0) is 44.1 Å². The summed E-state index contributed by atoms with van der Waals surface area (Å²) in [5, 5.41) is 6.75. The topological polar surface area (TPSA) is 53.6 Å². The third-order valence-electron chi connectivity index (χ3n) is 3.29. The highest BCUT2D eigenvalue weighted by Gasteiger charge is 2.24. The third kappa shape index (κ3) is 4.60. The Morgan fingerprint density at radius 3 is 2.76 bits per heavy atom. The van der Waals surface area contributed by atoms with Crippen LogP contribution in [0.5, 0.6) is 5.75 Å². The molecular formula is C15H21N3O2S. The third-order valence-corrected chi connectivity index (χ3v) is 3.67. The van der Waals surface area contributed by atoms with Crippen LogP contribution in [0.4, 0.5) is 5.69 Å². The second-order valence-corrected chi connectivity index (χ2v) is 5.37. The first-order valence-corrected chi connectivity index (χ1v) is 7.53. The van der Waals surface area contributed by atoms with Crippen LogP contribution in [-0.4, -0.2) is 42.2 Å². The Morgan fingerprint density at radius 1 is 1.43 bits per heavy atom. The van der Waals surface area contributed by atoms with Crippen LogP contribution in [0.3, 0.4) is 0 Å². The molecule has 0 heterocycles. The largest absolute Gasteiger partial charge is 0.495 e. The van der Waals surface area contributed by atoms with Crippen LogP contribution in [0.1, 0.15) is 19.8 Å². The lowest BCUT2D eigenvalue weighted by Crippen LogP contribution is -2.44. The number of nitrogens with one attached hydrogen (secondary N) is 2. The maximum absolute atomic E-state index is 12.2. The van der Waals surface area contributed by atoms with E-state index in [0.717, 1.165) is 12.8 Å². The molecule has 0 radical (unpaired) electrons. The number of amides is 1. The number of likely N-dealkylation sites (N-methyl/N-ethyl adjacent to an activating group) is 1. The van der Waals surface area contributed by atoms with Crippen LogP contribution in [0.2, 0.25) is 0 Å². The Balaban J connectivity index is 1.91. The monoisotopic (exact) mass is 307 g/mol. The first kappa shape index (κ1) is 15.6. The summed E-state index contributed by atoms with van der Waals surface area (Å²) in [7, 11) is 1.58. The number of ether oxygens (including phenoxy) is 1. The van der Waals surface area contributed by atoms with E-state index in [4.69, 9.17) is 17.0 Å². The van der Waals surface area contributed by atoms with Gasteiger partial charge < -0.3 is 20.3 Å². The van der Waals surface area contributed by atoms with Gasteiger partial charge in [0.2, 0.25) is 5.91 Å². The summed E-state index contributed by atoms with van der Waals surface area (Å²) in [6.07, 6.45) is 2.32. The van der Waals surface area contributed by atoms with Gasteiger partial charge in [0.15, 0.2) is 5.11 Å². The van der Waals surface area contributed by atoms with Crippen molar-refractivity contribution in [1.29, 1.82) is 0 Å². The predicted octanol–water partition coefficient (Wildman–Crippen LogP) is 1.99. The highest BCUT2D eigenvalue weighted by atomic mass is 32.1. The summed E-state index contributed by atoms with van der Waals surface area (Å²) in [6.45, 7) is 2.91. The van der Waals surface area contributed by atoms with Crippen LogP contribution < -0.4 is 15.4 Å². The lowest BCUT2D eigenvalue weighted by molar-refractivity contribution is -0.116. The van der Waals surface area contributed by atoms with E-state index < -0.39 is 0 Å². The first-order chi connectivity index (χ1) is 10.1. The second kappa shape index (κ2) is 7.26. The van der Waals surface area contributed by atoms with Crippen molar-refractivity contribution in [2.75, 3.05) is 25.5 Å². The van der Waals surface area contributed by atoms with Crippen molar-refractivity contribution in [3.8, 4) is 5.75 Å². The van der Waals surface area contributed by atoms with Crippen LogP contribution in [0, 0.1) is 0 Å². The van der Waals surface area contributed by atoms with Gasteiger partial charge in [0.05, 0.1) is 19.3 Å². The quantitative estimate of drug-likeness (QED) is 0.787. The zero-order chi connectivity index (χ0) is 15.2. The summed E-state index contributed by atoms with van der Waals surface area (Å²) >= 11 is 5.33. The SMILES string of the molecule is CCN(CC(=O)Nc1ccccc1OC)C(=S)NC1CC1. The minimum absolute atomic E-state index is 0.110. The molecule has 0 spiro atoms. The Morgan fingerprint density at radius 2 is 2.14 bits per heavy atom. The molecule has 1 amide bonds. The van der Waals surface area contributed by atoms with Gasteiger partial charge in [-0.2, -0.15) is 0 Å². The number of nitrogens with zero attached hydrogens (tertiary/aromatic N) is 1. The molecule has 5 nitrogen and oxygen atoms in total. The average Bonchev–Trinajstić information content (AvgIpc) is 3.29. The summed E-state index contributed by atoms with van der Waals surface area (Å²) in [5.41, 5.74) is 0.669. The Bertz CT molecular complexity index is 517.